The molecule has 1 aromatic heterocycles. The Bertz CT molecular complexity index is 397. The van der Waals surface area contributed by atoms with Gasteiger partial charge in [-0.05, 0) is 12.3 Å². The second-order valence-electron chi connectivity index (χ2n) is 6.35. The number of nitrogens with zero attached hydrogens (tertiary/aromatic N) is 1. The van der Waals surface area contributed by atoms with Gasteiger partial charge in [0, 0.05) is 29.9 Å². The summed E-state index contributed by atoms with van der Waals surface area (Å²) in [5.74, 6) is 0.571. The van der Waals surface area contributed by atoms with Crippen molar-refractivity contribution in [1.29, 1.82) is 0 Å². The molecule has 0 aliphatic carbocycles. The first-order chi connectivity index (χ1) is 8.38. The van der Waals surface area contributed by atoms with Crippen molar-refractivity contribution in [2.45, 2.75) is 58.1 Å². The van der Waals surface area contributed by atoms with Crippen LogP contribution in [0.4, 0.5) is 0 Å². The van der Waals surface area contributed by atoms with Gasteiger partial charge in [-0.15, -0.1) is 11.3 Å². The van der Waals surface area contributed by atoms with Gasteiger partial charge >= 0.3 is 0 Å². The van der Waals surface area contributed by atoms with Gasteiger partial charge in [0.25, 0.3) is 0 Å². The lowest BCUT2D eigenvalue weighted by Gasteiger charge is -2.21. The van der Waals surface area contributed by atoms with E-state index in [1.165, 1.54) is 0 Å². The van der Waals surface area contributed by atoms with Crippen molar-refractivity contribution >= 4 is 11.3 Å². The number of rotatable bonds is 3. The lowest BCUT2D eigenvalue weighted by molar-refractivity contribution is 0.0726. The smallest absolute Gasteiger partial charge is 0.0944 e. The van der Waals surface area contributed by atoms with Crippen LogP contribution >= 0.6 is 11.3 Å². The molecule has 0 saturated carbocycles. The molecule has 2 heterocycles. The van der Waals surface area contributed by atoms with Crippen LogP contribution in [0.2, 0.25) is 0 Å². The number of thiazole rings is 1. The Morgan fingerprint density at radius 2 is 2.28 bits per heavy atom. The summed E-state index contributed by atoms with van der Waals surface area (Å²) in [6, 6.07) is 0.0708. The van der Waals surface area contributed by atoms with Crippen molar-refractivity contribution in [1.82, 2.24) is 4.98 Å². The van der Waals surface area contributed by atoms with Gasteiger partial charge in [0.15, 0.2) is 0 Å². The van der Waals surface area contributed by atoms with Crippen LogP contribution < -0.4 is 5.73 Å². The van der Waals surface area contributed by atoms with Crippen molar-refractivity contribution in [3.05, 3.63) is 16.1 Å². The highest BCUT2D eigenvalue weighted by Gasteiger charge is 2.30. The Balaban J connectivity index is 1.99. The SMILES string of the molecule is CC1CCOC1C(N)Cc1nc(C(C)(C)C)cs1. The van der Waals surface area contributed by atoms with E-state index >= 15 is 0 Å². The largest absolute Gasteiger partial charge is 0.376 e. The molecule has 3 unspecified atom stereocenters. The predicted octanol–water partition coefficient (Wildman–Crippen LogP) is 2.74. The van der Waals surface area contributed by atoms with Crippen LogP contribution in [0.15, 0.2) is 5.38 Å². The molecule has 1 aliphatic heterocycles. The molecule has 0 radical (unpaired) electrons. The highest BCUT2D eigenvalue weighted by Crippen LogP contribution is 2.27. The molecule has 3 nitrogen and oxygen atoms in total. The first-order valence-electron chi connectivity index (χ1n) is 6.70. The Hall–Kier alpha value is -0.450. The molecule has 0 amide bonds. The fraction of sp³-hybridized carbons (Fsp3) is 0.786. The van der Waals surface area contributed by atoms with E-state index in [4.69, 9.17) is 15.5 Å². The monoisotopic (exact) mass is 268 g/mol. The zero-order valence-electron chi connectivity index (χ0n) is 11.8. The maximum Gasteiger partial charge on any atom is 0.0944 e. The molecule has 4 heteroatoms. The van der Waals surface area contributed by atoms with Gasteiger partial charge in [-0.1, -0.05) is 27.7 Å². The molecule has 0 bridgehead atoms. The van der Waals surface area contributed by atoms with Crippen LogP contribution in [0, 0.1) is 5.92 Å². The van der Waals surface area contributed by atoms with E-state index < -0.39 is 0 Å². The molecule has 2 N–H and O–H groups in total. The highest BCUT2D eigenvalue weighted by atomic mass is 32.1. The number of hydrogen-bond acceptors (Lipinski definition) is 4. The number of nitrogens with two attached hydrogens (primary N) is 1. The first-order valence-corrected chi connectivity index (χ1v) is 7.58. The second-order valence-corrected chi connectivity index (χ2v) is 7.29. The Labute approximate surface area is 114 Å². The maximum atomic E-state index is 6.26. The maximum absolute atomic E-state index is 6.26. The van der Waals surface area contributed by atoms with Gasteiger partial charge in [0.05, 0.1) is 16.8 Å². The van der Waals surface area contributed by atoms with Gasteiger partial charge in [-0.2, -0.15) is 0 Å². The van der Waals surface area contributed by atoms with Crippen LogP contribution in [-0.2, 0) is 16.6 Å². The minimum absolute atomic E-state index is 0.0708. The van der Waals surface area contributed by atoms with E-state index in [-0.39, 0.29) is 17.6 Å². The second kappa shape index (κ2) is 5.27. The van der Waals surface area contributed by atoms with Gasteiger partial charge in [-0.3, -0.25) is 0 Å². The van der Waals surface area contributed by atoms with Crippen molar-refractivity contribution in [3.8, 4) is 0 Å². The van der Waals surface area contributed by atoms with Gasteiger partial charge in [-0.25, -0.2) is 4.98 Å². The molecule has 0 spiro atoms. The molecule has 3 atom stereocenters. The fourth-order valence-corrected chi connectivity index (χ4v) is 3.42. The summed E-state index contributed by atoms with van der Waals surface area (Å²) >= 11 is 1.72. The zero-order chi connectivity index (χ0) is 13.3. The average Bonchev–Trinajstić information content (AvgIpc) is 2.85. The summed E-state index contributed by atoms with van der Waals surface area (Å²) in [7, 11) is 0. The van der Waals surface area contributed by atoms with Crippen LogP contribution in [0.1, 0.15) is 44.8 Å². The Kier molecular flexibility index (Phi) is 4.09. The summed E-state index contributed by atoms with van der Waals surface area (Å²) in [4.78, 5) is 4.70. The number of aromatic nitrogens is 1. The lowest BCUT2D eigenvalue weighted by atomic mass is 9.93. The van der Waals surface area contributed by atoms with Crippen molar-refractivity contribution < 1.29 is 4.74 Å². The molecule has 1 aromatic rings. The molecule has 2 rings (SSSR count). The van der Waals surface area contributed by atoms with Gasteiger partial charge in [0.2, 0.25) is 0 Å². The zero-order valence-corrected chi connectivity index (χ0v) is 12.6. The van der Waals surface area contributed by atoms with Crippen LogP contribution in [0.3, 0.4) is 0 Å². The minimum atomic E-state index is 0.0708. The number of ether oxygens (including phenoxy) is 1. The molecule has 18 heavy (non-hydrogen) atoms. The summed E-state index contributed by atoms with van der Waals surface area (Å²) in [5.41, 5.74) is 7.54. The van der Waals surface area contributed by atoms with E-state index in [9.17, 15) is 0 Å². The third-order valence-electron chi connectivity index (χ3n) is 3.60. The van der Waals surface area contributed by atoms with Crippen molar-refractivity contribution in [2.24, 2.45) is 11.7 Å². The Morgan fingerprint density at radius 1 is 1.56 bits per heavy atom. The first kappa shape index (κ1) is 14.0. The van der Waals surface area contributed by atoms with E-state index in [2.05, 4.69) is 33.1 Å². The standard InChI is InChI=1S/C14H24N2OS/c1-9-5-6-17-13(9)10(15)7-12-16-11(8-18-12)14(2,3)4/h8-10,13H,5-7,15H2,1-4H3. The third kappa shape index (κ3) is 3.11. The summed E-state index contributed by atoms with van der Waals surface area (Å²) in [5, 5.41) is 3.29. The third-order valence-corrected chi connectivity index (χ3v) is 4.47. The molecule has 1 aliphatic rings. The quantitative estimate of drug-likeness (QED) is 0.917. The highest BCUT2D eigenvalue weighted by molar-refractivity contribution is 7.09. The van der Waals surface area contributed by atoms with Gasteiger partial charge < -0.3 is 10.5 Å². The lowest BCUT2D eigenvalue weighted by Crippen LogP contribution is -2.39. The van der Waals surface area contributed by atoms with Crippen LogP contribution in [0.5, 0.6) is 0 Å². The van der Waals surface area contributed by atoms with E-state index in [1.54, 1.807) is 11.3 Å². The van der Waals surface area contributed by atoms with E-state index in [0.29, 0.717) is 5.92 Å². The topological polar surface area (TPSA) is 48.1 Å². The predicted molar refractivity (Wildman–Crippen MR) is 76.0 cm³/mol. The molecular weight excluding hydrogens is 244 g/mol. The van der Waals surface area contributed by atoms with Crippen LogP contribution in [-0.4, -0.2) is 23.7 Å². The molecule has 102 valence electrons. The summed E-state index contributed by atoms with van der Waals surface area (Å²) in [6.45, 7) is 9.64. The van der Waals surface area contributed by atoms with Crippen molar-refractivity contribution in [2.75, 3.05) is 6.61 Å². The summed E-state index contributed by atoms with van der Waals surface area (Å²) in [6.07, 6.45) is 2.16. The summed E-state index contributed by atoms with van der Waals surface area (Å²) < 4.78 is 5.73. The normalized spacial score (nSPS) is 26.5. The molecular formula is C14H24N2OS. The fourth-order valence-electron chi connectivity index (χ4n) is 2.33. The minimum Gasteiger partial charge on any atom is -0.376 e. The Morgan fingerprint density at radius 3 is 2.78 bits per heavy atom. The van der Waals surface area contributed by atoms with Crippen molar-refractivity contribution in [3.63, 3.8) is 0 Å². The van der Waals surface area contributed by atoms with E-state index in [1.807, 2.05) is 0 Å². The molecule has 0 aromatic carbocycles. The molecule has 1 saturated heterocycles. The van der Waals surface area contributed by atoms with Crippen LogP contribution in [0.25, 0.3) is 0 Å². The average molecular weight is 268 g/mol. The number of hydrogen-bond donors (Lipinski definition) is 1. The molecule has 1 fully saturated rings. The van der Waals surface area contributed by atoms with E-state index in [0.717, 1.165) is 30.2 Å². The van der Waals surface area contributed by atoms with Gasteiger partial charge in [0.1, 0.15) is 0 Å².